The van der Waals surface area contributed by atoms with Gasteiger partial charge in [-0.25, -0.2) is 38.6 Å². The predicted octanol–water partition coefficient (Wildman–Crippen LogP) is 5.12. The molecule has 8 aromatic rings. The number of anilines is 4. The number of nitriles is 2. The maximum Gasteiger partial charge on any atom is 0.331 e. The molecule has 2 aliphatic heterocycles. The fourth-order valence-electron chi connectivity index (χ4n) is 9.85. The first-order valence-corrected chi connectivity index (χ1v) is 27.6. The summed E-state index contributed by atoms with van der Waals surface area (Å²) in [6.07, 6.45) is 12.3. The average Bonchev–Trinajstić information content (AvgIpc) is 4.09. The first-order valence-electron chi connectivity index (χ1n) is 21.0. The second-order valence-corrected chi connectivity index (χ2v) is 28.9. The van der Waals surface area contributed by atoms with E-state index in [-0.39, 0.29) is 11.4 Å². The maximum atomic E-state index is 14.0. The zero-order valence-corrected chi connectivity index (χ0v) is 38.0. The van der Waals surface area contributed by atoms with Gasteiger partial charge >= 0.3 is 11.4 Å². The van der Waals surface area contributed by atoms with Gasteiger partial charge < -0.3 is 10.6 Å². The van der Waals surface area contributed by atoms with Crippen LogP contribution in [0, 0.1) is 29.6 Å². The van der Waals surface area contributed by atoms with Gasteiger partial charge in [-0.3, -0.25) is 18.3 Å². The highest BCUT2D eigenvalue weighted by atomic mass is 28.3. The molecule has 2 fully saturated rings. The molecule has 0 spiro atoms. The van der Waals surface area contributed by atoms with E-state index in [1.165, 1.54) is 21.8 Å². The molecule has 1 atom stereocenters. The number of nitrogens with zero attached hydrogens (tertiary/aromatic N) is 16. The number of rotatable bonds is 9. The molecule has 20 nitrogen and oxygen atoms in total. The van der Waals surface area contributed by atoms with Crippen LogP contribution in [0.2, 0.25) is 49.9 Å². The van der Waals surface area contributed by atoms with Gasteiger partial charge in [0.05, 0.1) is 64.4 Å². The van der Waals surface area contributed by atoms with Gasteiger partial charge in [-0.15, -0.1) is 0 Å². The second-order valence-electron chi connectivity index (χ2n) is 18.6. The van der Waals surface area contributed by atoms with Crippen LogP contribution in [0.25, 0.3) is 33.6 Å². The number of hydrogen-bond acceptors (Lipinski definition) is 14. The molecule has 63 heavy (non-hydrogen) atoms. The Hall–Kier alpha value is -7.05. The van der Waals surface area contributed by atoms with Crippen molar-refractivity contribution in [1.29, 1.82) is 10.5 Å². The molecule has 1 unspecified atom stereocenters. The van der Waals surface area contributed by atoms with E-state index in [0.717, 1.165) is 53.1 Å². The third-order valence-electron chi connectivity index (χ3n) is 13.8. The standard InChI is InChI=1S/C41H46N18O2Si2/c1-26-15-32-46-24-48-56(32)19-28(26)50-36-44-17-30-34(52-36)58(38(60)54(30)2)40(21-42)9-13-63(6,14-10-40)11-7-27-16-33-47-25-49-57(33)20-29(27)51-37-45-18-31-35(53-37)59(39(61)55(31)3)41(22-43)8-12-62(4,5)23-41/h15-20,24-25H,7-14,23H2,1-6H3,(H,44,50,52)(H,45,51,53). The quantitative estimate of drug-likeness (QED) is 0.179. The Morgan fingerprint density at radius 3 is 1.81 bits per heavy atom. The van der Waals surface area contributed by atoms with E-state index in [1.54, 1.807) is 44.7 Å². The molecular weight excluding hydrogens is 833 g/mol. The molecule has 22 heteroatoms. The number of pyridine rings is 2. The summed E-state index contributed by atoms with van der Waals surface area (Å²) >= 11 is 0. The van der Waals surface area contributed by atoms with Gasteiger partial charge in [-0.05, 0) is 61.9 Å². The summed E-state index contributed by atoms with van der Waals surface area (Å²) in [5, 5.41) is 36.8. The largest absolute Gasteiger partial charge is 0.331 e. The minimum atomic E-state index is -1.98. The van der Waals surface area contributed by atoms with E-state index in [1.807, 2.05) is 31.5 Å². The molecule has 0 aliphatic carbocycles. The van der Waals surface area contributed by atoms with Crippen molar-refractivity contribution in [1.82, 2.24) is 67.4 Å². The zero-order valence-electron chi connectivity index (χ0n) is 36.0. The summed E-state index contributed by atoms with van der Waals surface area (Å²) in [5.74, 6) is 0.606. The number of nitrogens with one attached hydrogen (secondary N) is 2. The maximum absolute atomic E-state index is 14.0. The third kappa shape index (κ3) is 6.50. The van der Waals surface area contributed by atoms with Crippen LogP contribution in [0.15, 0.2) is 59.2 Å². The lowest BCUT2D eigenvalue weighted by Crippen LogP contribution is -2.48. The van der Waals surface area contributed by atoms with Crippen LogP contribution >= 0.6 is 0 Å². The molecule has 0 bridgehead atoms. The van der Waals surface area contributed by atoms with E-state index >= 15 is 0 Å². The van der Waals surface area contributed by atoms with Crippen LogP contribution in [0.3, 0.4) is 0 Å². The highest BCUT2D eigenvalue weighted by Crippen LogP contribution is 2.45. The predicted molar refractivity (Wildman–Crippen MR) is 241 cm³/mol. The first-order chi connectivity index (χ1) is 30.1. The molecule has 2 N–H and O–H groups in total. The third-order valence-corrected chi connectivity index (χ3v) is 21.3. The monoisotopic (exact) mass is 878 g/mol. The van der Waals surface area contributed by atoms with Gasteiger partial charge in [0.1, 0.15) is 34.8 Å². The van der Waals surface area contributed by atoms with Crippen LogP contribution in [0.4, 0.5) is 23.3 Å². The van der Waals surface area contributed by atoms with E-state index in [4.69, 9.17) is 9.97 Å². The Morgan fingerprint density at radius 2 is 1.25 bits per heavy atom. The smallest absolute Gasteiger partial charge is 0.323 e. The van der Waals surface area contributed by atoms with Crippen LogP contribution < -0.4 is 22.0 Å². The number of imidazole rings is 2. The van der Waals surface area contributed by atoms with Crippen LogP contribution in [0.1, 0.15) is 30.4 Å². The highest BCUT2D eigenvalue weighted by Gasteiger charge is 2.49. The summed E-state index contributed by atoms with van der Waals surface area (Å²) in [5.41, 5.74) is 4.20. The van der Waals surface area contributed by atoms with Crippen LogP contribution in [-0.2, 0) is 31.6 Å². The molecule has 8 aromatic heterocycles. The first kappa shape index (κ1) is 40.1. The molecular formula is C41H46N18O2Si2. The van der Waals surface area contributed by atoms with E-state index in [0.29, 0.717) is 70.8 Å². The SMILES string of the molecule is Cc1cc2ncnn2cc1Nc1ncc2c(n1)n(C1(C#N)CC[Si](C)(CCc3cc4ncnn4cc3Nc3ncc4c(n3)n(C3(C#N)CC[Si](C)(C)C3)c(=O)n4C)CC1)c(=O)n2C. The Bertz CT molecular complexity index is 3370. The average molecular weight is 879 g/mol. The lowest BCUT2D eigenvalue weighted by atomic mass is 9.93. The summed E-state index contributed by atoms with van der Waals surface area (Å²) in [4.78, 5) is 55.3. The van der Waals surface area contributed by atoms with Crippen LogP contribution in [-0.4, -0.2) is 83.5 Å². The summed E-state index contributed by atoms with van der Waals surface area (Å²) < 4.78 is 9.59. The topological polar surface area (TPSA) is 237 Å². The second kappa shape index (κ2) is 14.2. The van der Waals surface area contributed by atoms with E-state index < -0.39 is 27.2 Å². The number of aryl methyl sites for hydroxylation is 4. The van der Waals surface area contributed by atoms with Crippen LogP contribution in [0.5, 0.6) is 0 Å². The molecule has 2 aliphatic rings. The van der Waals surface area contributed by atoms with Gasteiger partial charge in [-0.1, -0.05) is 43.8 Å². The lowest BCUT2D eigenvalue weighted by Gasteiger charge is -2.40. The van der Waals surface area contributed by atoms with Crippen molar-refractivity contribution < 1.29 is 0 Å². The zero-order chi connectivity index (χ0) is 44.1. The van der Waals surface area contributed by atoms with Crippen molar-refractivity contribution in [2.75, 3.05) is 10.6 Å². The normalized spacial score (nSPS) is 22.2. The Balaban J connectivity index is 0.914. The number of hydrogen-bond donors (Lipinski definition) is 2. The molecule has 2 saturated heterocycles. The Morgan fingerprint density at radius 1 is 0.730 bits per heavy atom. The molecule has 0 aromatic carbocycles. The lowest BCUT2D eigenvalue weighted by molar-refractivity contribution is 0.334. The molecule has 10 rings (SSSR count). The minimum Gasteiger partial charge on any atom is -0.323 e. The van der Waals surface area contributed by atoms with Crippen molar-refractivity contribution in [3.63, 3.8) is 0 Å². The molecule has 320 valence electrons. The van der Waals surface area contributed by atoms with Crippen molar-refractivity contribution in [2.45, 2.75) is 93.5 Å². The van der Waals surface area contributed by atoms with Gasteiger partial charge in [0.2, 0.25) is 11.9 Å². The number of aromatic nitrogens is 14. The summed E-state index contributed by atoms with van der Waals surface area (Å²) in [6, 6.07) is 13.3. The fraction of sp³-hybridized carbons (Fsp3) is 0.415. The molecule has 10 heterocycles. The summed E-state index contributed by atoms with van der Waals surface area (Å²) in [7, 11) is -0.272. The summed E-state index contributed by atoms with van der Waals surface area (Å²) in [6.45, 7) is 8.87. The molecule has 0 amide bonds. The van der Waals surface area contributed by atoms with Crippen molar-refractivity contribution >= 4 is 73.0 Å². The number of fused-ring (bicyclic) bond motifs is 4. The van der Waals surface area contributed by atoms with Crippen molar-refractivity contribution in [2.24, 2.45) is 14.1 Å². The van der Waals surface area contributed by atoms with Crippen molar-refractivity contribution in [3.8, 4) is 12.1 Å². The Kier molecular flexibility index (Phi) is 9.06. The minimum absolute atomic E-state index is 0.270. The van der Waals surface area contributed by atoms with Gasteiger partial charge in [0.15, 0.2) is 22.6 Å². The van der Waals surface area contributed by atoms with Gasteiger partial charge in [0, 0.05) is 14.1 Å². The van der Waals surface area contributed by atoms with Gasteiger partial charge in [0.25, 0.3) is 0 Å². The highest BCUT2D eigenvalue weighted by molar-refractivity contribution is 6.79. The van der Waals surface area contributed by atoms with Crippen molar-refractivity contribution in [3.05, 3.63) is 81.7 Å². The molecule has 0 radical (unpaired) electrons. The fourth-order valence-corrected chi connectivity index (χ4v) is 16.8. The van der Waals surface area contributed by atoms with E-state index in [2.05, 4.69) is 72.5 Å². The Labute approximate surface area is 361 Å². The van der Waals surface area contributed by atoms with E-state index in [9.17, 15) is 20.1 Å². The van der Waals surface area contributed by atoms with Gasteiger partial charge in [-0.2, -0.15) is 30.7 Å². The molecule has 0 saturated carbocycles.